The van der Waals surface area contributed by atoms with Gasteiger partial charge in [0.2, 0.25) is 0 Å². The van der Waals surface area contributed by atoms with Crippen molar-refractivity contribution >= 4 is 44.3 Å². The first-order chi connectivity index (χ1) is 17.5. The number of ether oxygens (including phenoxy) is 3. The summed E-state index contributed by atoms with van der Waals surface area (Å²) in [4.78, 5) is 24.4. The molecule has 0 aliphatic rings. The molecule has 0 heterocycles. The summed E-state index contributed by atoms with van der Waals surface area (Å²) in [7, 11) is 0. The fraction of sp³-hybridized carbons (Fsp3) is 0.226. The summed E-state index contributed by atoms with van der Waals surface area (Å²) >= 11 is 0. The molecule has 0 amide bonds. The molecule has 0 atom stereocenters. The lowest BCUT2D eigenvalue weighted by molar-refractivity contribution is -0.147. The van der Waals surface area contributed by atoms with E-state index in [-0.39, 0.29) is 11.9 Å². The molecule has 182 valence electrons. The first-order valence-electron chi connectivity index (χ1n) is 12.3. The Bertz CT molecular complexity index is 1500. The van der Waals surface area contributed by atoms with E-state index in [1.54, 1.807) is 24.3 Å². The Kier molecular flexibility index (Phi) is 6.72. The van der Waals surface area contributed by atoms with Gasteiger partial charge in [0, 0.05) is 10.8 Å². The molecule has 0 saturated heterocycles. The summed E-state index contributed by atoms with van der Waals surface area (Å²) in [6.45, 7) is 4.53. The quantitative estimate of drug-likeness (QED) is 0.0969. The predicted molar refractivity (Wildman–Crippen MR) is 142 cm³/mol. The Morgan fingerprint density at radius 2 is 1.36 bits per heavy atom. The smallest absolute Gasteiger partial charge is 0.343 e. The molecule has 5 rings (SSSR count). The minimum atomic E-state index is -0.413. The highest BCUT2D eigenvalue weighted by Crippen LogP contribution is 2.38. The molecule has 36 heavy (non-hydrogen) atoms. The van der Waals surface area contributed by atoms with Crippen molar-refractivity contribution in [1.29, 1.82) is 0 Å². The van der Waals surface area contributed by atoms with E-state index in [2.05, 4.69) is 36.4 Å². The summed E-state index contributed by atoms with van der Waals surface area (Å²) in [5.41, 5.74) is 0.452. The van der Waals surface area contributed by atoms with Crippen molar-refractivity contribution in [3.05, 3.63) is 84.4 Å². The Morgan fingerprint density at radius 1 is 0.722 bits per heavy atom. The topological polar surface area (TPSA) is 61.8 Å². The first-order valence-corrected chi connectivity index (χ1v) is 12.3. The number of esters is 2. The van der Waals surface area contributed by atoms with Crippen LogP contribution in [0.1, 0.15) is 37.0 Å². The average Bonchev–Trinajstić information content (AvgIpc) is 2.90. The molecule has 0 radical (unpaired) electrons. The number of carbonyl (C=O) groups is 2. The summed E-state index contributed by atoms with van der Waals surface area (Å²) in [5.74, 6) is 0.516. The molecule has 0 aromatic heterocycles. The van der Waals surface area contributed by atoms with Gasteiger partial charge in [-0.3, -0.25) is 4.79 Å². The highest BCUT2D eigenvalue weighted by molar-refractivity contribution is 6.24. The third kappa shape index (κ3) is 4.82. The van der Waals surface area contributed by atoms with E-state index < -0.39 is 5.97 Å². The minimum Gasteiger partial charge on any atom is -0.494 e. The van der Waals surface area contributed by atoms with Gasteiger partial charge in [-0.05, 0) is 70.8 Å². The second kappa shape index (κ2) is 10.2. The van der Waals surface area contributed by atoms with Crippen molar-refractivity contribution in [3.63, 3.8) is 0 Å². The maximum Gasteiger partial charge on any atom is 0.343 e. The lowest BCUT2D eigenvalue weighted by atomic mass is 9.94. The Balaban J connectivity index is 1.22. The van der Waals surface area contributed by atoms with Gasteiger partial charge in [0.1, 0.15) is 11.5 Å². The molecule has 5 nitrogen and oxygen atoms in total. The number of hydrogen-bond acceptors (Lipinski definition) is 5. The van der Waals surface area contributed by atoms with Crippen molar-refractivity contribution in [2.24, 2.45) is 5.92 Å². The molecule has 0 spiro atoms. The van der Waals surface area contributed by atoms with E-state index in [0.29, 0.717) is 30.3 Å². The Labute approximate surface area is 209 Å². The van der Waals surface area contributed by atoms with Crippen molar-refractivity contribution < 1.29 is 23.8 Å². The molecule has 5 aromatic carbocycles. The zero-order chi connectivity index (χ0) is 25.1. The molecular formula is C31H28O5. The molecule has 5 aromatic rings. The monoisotopic (exact) mass is 480 g/mol. The van der Waals surface area contributed by atoms with Crippen LogP contribution in [0.15, 0.2) is 78.9 Å². The Hall–Kier alpha value is -4.12. The second-order valence-corrected chi connectivity index (χ2v) is 9.21. The van der Waals surface area contributed by atoms with Gasteiger partial charge >= 0.3 is 11.9 Å². The Morgan fingerprint density at radius 3 is 2.08 bits per heavy atom. The van der Waals surface area contributed by atoms with Crippen LogP contribution in [0.5, 0.6) is 11.5 Å². The molecule has 0 aliphatic heterocycles. The first kappa shape index (κ1) is 23.6. The van der Waals surface area contributed by atoms with Gasteiger partial charge in [-0.25, -0.2) is 4.79 Å². The highest BCUT2D eigenvalue weighted by atomic mass is 16.5. The number of hydrogen-bond donors (Lipinski definition) is 0. The lowest BCUT2D eigenvalue weighted by Crippen LogP contribution is -2.12. The van der Waals surface area contributed by atoms with Gasteiger partial charge in [-0.15, -0.1) is 0 Å². The van der Waals surface area contributed by atoms with Crippen LogP contribution in [0, 0.1) is 5.92 Å². The van der Waals surface area contributed by atoms with Crippen LogP contribution in [-0.4, -0.2) is 25.2 Å². The molecule has 5 heteroatoms. The predicted octanol–water partition coefficient (Wildman–Crippen LogP) is 7.16. The second-order valence-electron chi connectivity index (χ2n) is 9.21. The maximum atomic E-state index is 12.9. The fourth-order valence-electron chi connectivity index (χ4n) is 4.38. The number of benzene rings is 5. The van der Waals surface area contributed by atoms with E-state index in [0.717, 1.165) is 29.0 Å². The standard InChI is InChI=1S/C31H28O5/c1-20(2)30(32)35-19-4-3-18-34-25-14-10-24(11-15-25)31(33)36-27-17-13-23-9-8-21-6-5-7-22-12-16-26(27)29(23)28(21)22/h5-17,20H,3-4,18-19H2,1-2H3. The van der Waals surface area contributed by atoms with Crippen LogP contribution < -0.4 is 9.47 Å². The maximum absolute atomic E-state index is 12.9. The molecule has 0 saturated carbocycles. The molecule has 0 fully saturated rings. The van der Waals surface area contributed by atoms with Crippen LogP contribution in [-0.2, 0) is 9.53 Å². The van der Waals surface area contributed by atoms with Crippen LogP contribution >= 0.6 is 0 Å². The molecule has 0 aliphatic carbocycles. The van der Waals surface area contributed by atoms with Gasteiger partial charge in [0.15, 0.2) is 0 Å². The van der Waals surface area contributed by atoms with E-state index in [4.69, 9.17) is 14.2 Å². The van der Waals surface area contributed by atoms with Crippen molar-refractivity contribution in [2.45, 2.75) is 26.7 Å². The summed E-state index contributed by atoms with van der Waals surface area (Å²) in [6, 6.07) is 25.4. The van der Waals surface area contributed by atoms with E-state index in [1.165, 1.54) is 16.2 Å². The fourth-order valence-corrected chi connectivity index (χ4v) is 4.38. The third-order valence-electron chi connectivity index (χ3n) is 6.30. The van der Waals surface area contributed by atoms with Crippen molar-refractivity contribution in [2.75, 3.05) is 13.2 Å². The summed E-state index contributed by atoms with van der Waals surface area (Å²) < 4.78 is 16.7. The van der Waals surface area contributed by atoms with Crippen LogP contribution in [0.3, 0.4) is 0 Å². The number of unbranched alkanes of at least 4 members (excludes halogenated alkanes) is 1. The van der Waals surface area contributed by atoms with Crippen LogP contribution in [0.25, 0.3) is 32.3 Å². The molecule has 0 N–H and O–H groups in total. The normalized spacial score (nSPS) is 11.4. The highest BCUT2D eigenvalue weighted by Gasteiger charge is 2.15. The molecule has 0 bridgehead atoms. The minimum absolute atomic E-state index is 0.111. The van der Waals surface area contributed by atoms with E-state index >= 15 is 0 Å². The van der Waals surface area contributed by atoms with Gasteiger partial charge in [0.25, 0.3) is 0 Å². The third-order valence-corrected chi connectivity index (χ3v) is 6.30. The van der Waals surface area contributed by atoms with E-state index in [9.17, 15) is 9.59 Å². The van der Waals surface area contributed by atoms with Gasteiger partial charge in [-0.2, -0.15) is 0 Å². The van der Waals surface area contributed by atoms with Crippen molar-refractivity contribution in [1.82, 2.24) is 0 Å². The average molecular weight is 481 g/mol. The summed E-state index contributed by atoms with van der Waals surface area (Å²) in [5, 5.41) is 6.67. The van der Waals surface area contributed by atoms with Gasteiger partial charge in [0.05, 0.1) is 24.7 Å². The van der Waals surface area contributed by atoms with Crippen LogP contribution in [0.4, 0.5) is 0 Å². The zero-order valence-corrected chi connectivity index (χ0v) is 20.5. The van der Waals surface area contributed by atoms with E-state index in [1.807, 2.05) is 32.0 Å². The lowest BCUT2D eigenvalue weighted by Gasteiger charge is -2.14. The zero-order valence-electron chi connectivity index (χ0n) is 20.5. The van der Waals surface area contributed by atoms with Gasteiger partial charge in [-0.1, -0.05) is 56.3 Å². The molecule has 0 unspecified atom stereocenters. The van der Waals surface area contributed by atoms with Crippen LogP contribution in [0.2, 0.25) is 0 Å². The largest absolute Gasteiger partial charge is 0.494 e. The van der Waals surface area contributed by atoms with Gasteiger partial charge < -0.3 is 14.2 Å². The van der Waals surface area contributed by atoms with Crippen molar-refractivity contribution in [3.8, 4) is 11.5 Å². The number of rotatable bonds is 9. The summed E-state index contributed by atoms with van der Waals surface area (Å²) in [6.07, 6.45) is 1.51. The SMILES string of the molecule is CC(C)C(=O)OCCCCOc1ccc(C(=O)Oc2ccc3ccc4cccc5ccc2c3c45)cc1. The molecular weight excluding hydrogens is 452 g/mol. The number of carbonyl (C=O) groups excluding carboxylic acids is 2.